The van der Waals surface area contributed by atoms with E-state index < -0.39 is 0 Å². The first-order valence-electron chi connectivity index (χ1n) is 4.93. The number of rotatable bonds is 1. The molecule has 0 spiro atoms. The van der Waals surface area contributed by atoms with Crippen LogP contribution in [0.2, 0.25) is 0 Å². The van der Waals surface area contributed by atoms with E-state index in [2.05, 4.69) is 13.2 Å². The quantitative estimate of drug-likeness (QED) is 0.684. The monoisotopic (exact) mass is 204 g/mol. The number of aromatic hydroxyl groups is 1. The Morgan fingerprint density at radius 3 is 1.87 bits per heavy atom. The van der Waals surface area contributed by atoms with Crippen LogP contribution in [-0.2, 0) is 0 Å². The molecule has 1 nitrogen and oxygen atoms in total. The second-order valence-electron chi connectivity index (χ2n) is 3.77. The van der Waals surface area contributed by atoms with E-state index in [1.165, 1.54) is 5.56 Å². The summed E-state index contributed by atoms with van der Waals surface area (Å²) >= 11 is 0. The van der Waals surface area contributed by atoms with E-state index in [0.29, 0.717) is 5.75 Å². The van der Waals surface area contributed by atoms with Crippen molar-refractivity contribution in [2.24, 2.45) is 0 Å². The predicted octanol–water partition coefficient (Wildman–Crippen LogP) is 4.07. The van der Waals surface area contributed by atoms with Gasteiger partial charge in [-0.3, -0.25) is 0 Å². The fourth-order valence-electron chi connectivity index (χ4n) is 0.945. The molecular weight excluding hydrogens is 184 g/mol. The van der Waals surface area contributed by atoms with Crippen molar-refractivity contribution in [3.63, 3.8) is 0 Å². The van der Waals surface area contributed by atoms with Crippen molar-refractivity contribution in [2.45, 2.75) is 27.7 Å². The normalized spacial score (nSPS) is 8.80. The molecular formula is C14H20O. The molecule has 15 heavy (non-hydrogen) atoms. The van der Waals surface area contributed by atoms with Crippen LogP contribution < -0.4 is 0 Å². The summed E-state index contributed by atoms with van der Waals surface area (Å²) in [6, 6.07) is 3.79. The lowest BCUT2D eigenvalue weighted by Crippen LogP contribution is -1.82. The van der Waals surface area contributed by atoms with E-state index in [0.717, 1.165) is 16.7 Å². The van der Waals surface area contributed by atoms with Crippen molar-refractivity contribution in [3.05, 3.63) is 53.6 Å². The lowest BCUT2D eigenvalue weighted by Gasteiger charge is -2.02. The summed E-state index contributed by atoms with van der Waals surface area (Å²) in [6.07, 6.45) is 1.72. The van der Waals surface area contributed by atoms with Crippen LogP contribution in [0.5, 0.6) is 5.75 Å². The topological polar surface area (TPSA) is 20.2 Å². The first kappa shape index (κ1) is 13.5. The van der Waals surface area contributed by atoms with Crippen molar-refractivity contribution < 1.29 is 5.11 Å². The molecule has 0 radical (unpaired) electrons. The largest absolute Gasteiger partial charge is 0.508 e. The van der Waals surface area contributed by atoms with Gasteiger partial charge in [-0.25, -0.2) is 0 Å². The highest BCUT2D eigenvalue weighted by Gasteiger charge is 1.97. The lowest BCUT2D eigenvalue weighted by molar-refractivity contribution is 0.470. The third-order valence-electron chi connectivity index (χ3n) is 2.16. The molecule has 1 N–H and O–H groups in total. The number of aryl methyl sites for hydroxylation is 3. The summed E-state index contributed by atoms with van der Waals surface area (Å²) in [5.41, 5.74) is 4.34. The van der Waals surface area contributed by atoms with E-state index in [9.17, 15) is 5.11 Å². The Kier molecular flexibility index (Phi) is 5.46. The first-order chi connectivity index (χ1) is 6.88. The molecule has 82 valence electrons. The van der Waals surface area contributed by atoms with Crippen molar-refractivity contribution >= 4 is 0 Å². The van der Waals surface area contributed by atoms with Crippen molar-refractivity contribution in [1.29, 1.82) is 0 Å². The van der Waals surface area contributed by atoms with Crippen LogP contribution in [0.15, 0.2) is 36.9 Å². The van der Waals surface area contributed by atoms with Crippen LogP contribution in [0.1, 0.15) is 23.6 Å². The number of hydrogen-bond acceptors (Lipinski definition) is 1. The molecule has 1 aromatic carbocycles. The van der Waals surface area contributed by atoms with E-state index in [1.807, 2.05) is 33.8 Å². The number of phenols is 1. The van der Waals surface area contributed by atoms with Gasteiger partial charge in [0.25, 0.3) is 0 Å². The third-order valence-corrected chi connectivity index (χ3v) is 2.16. The van der Waals surface area contributed by atoms with Crippen LogP contribution in [0.3, 0.4) is 0 Å². The summed E-state index contributed by atoms with van der Waals surface area (Å²) in [5.74, 6) is 0.392. The molecule has 0 aliphatic heterocycles. The molecule has 0 fully saturated rings. The fourth-order valence-corrected chi connectivity index (χ4v) is 0.945. The zero-order valence-corrected chi connectivity index (χ0v) is 10.1. The Morgan fingerprint density at radius 1 is 1.13 bits per heavy atom. The molecule has 1 aromatic rings. The third kappa shape index (κ3) is 5.06. The summed E-state index contributed by atoms with van der Waals surface area (Å²) in [4.78, 5) is 0. The van der Waals surface area contributed by atoms with Crippen LogP contribution in [-0.4, -0.2) is 5.11 Å². The molecule has 1 rings (SSSR count). The molecule has 0 saturated carbocycles. The number of benzene rings is 1. The Bertz CT molecular complexity index is 312. The Morgan fingerprint density at radius 2 is 1.53 bits per heavy atom. The average Bonchev–Trinajstić information content (AvgIpc) is 2.16. The maximum absolute atomic E-state index is 9.22. The SMILES string of the molecule is C=CC(=C)C.Cc1cc(C)c(O)cc1C. The van der Waals surface area contributed by atoms with Gasteiger partial charge in [0.2, 0.25) is 0 Å². The molecule has 0 saturated heterocycles. The summed E-state index contributed by atoms with van der Waals surface area (Å²) in [5, 5.41) is 9.22. The van der Waals surface area contributed by atoms with Gasteiger partial charge >= 0.3 is 0 Å². The summed E-state index contributed by atoms with van der Waals surface area (Å²) < 4.78 is 0. The summed E-state index contributed by atoms with van der Waals surface area (Å²) in [7, 11) is 0. The van der Waals surface area contributed by atoms with Gasteiger partial charge in [0.15, 0.2) is 0 Å². The Labute approximate surface area is 92.8 Å². The highest BCUT2D eigenvalue weighted by Crippen LogP contribution is 2.19. The van der Waals surface area contributed by atoms with Crippen molar-refractivity contribution in [3.8, 4) is 5.75 Å². The first-order valence-corrected chi connectivity index (χ1v) is 4.93. The standard InChI is InChI=1S/C9H12O.C5H8/c1-6-4-8(3)9(10)5-7(6)2;1-4-5(2)3/h4-5,10H,1-3H3;4H,1-2H2,3H3. The van der Waals surface area contributed by atoms with Gasteiger partial charge < -0.3 is 5.11 Å². The van der Waals surface area contributed by atoms with Crippen LogP contribution in [0.4, 0.5) is 0 Å². The van der Waals surface area contributed by atoms with E-state index in [-0.39, 0.29) is 0 Å². The van der Waals surface area contributed by atoms with Crippen LogP contribution in [0, 0.1) is 20.8 Å². The van der Waals surface area contributed by atoms with Gasteiger partial charge in [0.05, 0.1) is 0 Å². The van der Waals surface area contributed by atoms with E-state index >= 15 is 0 Å². The molecule has 0 atom stereocenters. The maximum Gasteiger partial charge on any atom is 0.118 e. The fraction of sp³-hybridized carbons (Fsp3) is 0.286. The molecule has 0 bridgehead atoms. The minimum atomic E-state index is 0.392. The smallest absolute Gasteiger partial charge is 0.118 e. The van der Waals surface area contributed by atoms with Gasteiger partial charge in [0.1, 0.15) is 5.75 Å². The van der Waals surface area contributed by atoms with Gasteiger partial charge in [-0.15, -0.1) is 0 Å². The summed E-state index contributed by atoms with van der Waals surface area (Å²) in [6.45, 7) is 14.9. The minimum absolute atomic E-state index is 0.392. The Balaban J connectivity index is 0.000000336. The highest BCUT2D eigenvalue weighted by molar-refractivity contribution is 5.39. The predicted molar refractivity (Wildman–Crippen MR) is 67.3 cm³/mol. The lowest BCUT2D eigenvalue weighted by atomic mass is 10.1. The molecule has 0 amide bonds. The Hall–Kier alpha value is -1.50. The maximum atomic E-state index is 9.22. The number of hydrogen-bond donors (Lipinski definition) is 1. The number of phenolic OH excluding ortho intramolecular Hbond substituents is 1. The van der Waals surface area contributed by atoms with E-state index in [4.69, 9.17) is 0 Å². The van der Waals surface area contributed by atoms with Crippen LogP contribution in [0.25, 0.3) is 0 Å². The molecule has 1 heteroatoms. The number of allylic oxidation sites excluding steroid dienone is 2. The zero-order chi connectivity index (χ0) is 12.0. The molecule has 0 aliphatic carbocycles. The second kappa shape index (κ2) is 6.07. The second-order valence-corrected chi connectivity index (χ2v) is 3.77. The van der Waals surface area contributed by atoms with Gasteiger partial charge in [-0.2, -0.15) is 0 Å². The minimum Gasteiger partial charge on any atom is -0.508 e. The van der Waals surface area contributed by atoms with Crippen molar-refractivity contribution in [1.82, 2.24) is 0 Å². The van der Waals surface area contributed by atoms with Crippen LogP contribution >= 0.6 is 0 Å². The van der Waals surface area contributed by atoms with Gasteiger partial charge in [-0.05, 0) is 50.5 Å². The molecule has 0 aliphatic rings. The average molecular weight is 204 g/mol. The van der Waals surface area contributed by atoms with Gasteiger partial charge in [-0.1, -0.05) is 30.9 Å². The van der Waals surface area contributed by atoms with Crippen molar-refractivity contribution in [2.75, 3.05) is 0 Å². The zero-order valence-electron chi connectivity index (χ0n) is 10.1. The highest BCUT2D eigenvalue weighted by atomic mass is 16.3. The molecule has 0 unspecified atom stereocenters. The van der Waals surface area contributed by atoms with E-state index in [1.54, 1.807) is 12.1 Å². The van der Waals surface area contributed by atoms with Gasteiger partial charge in [0, 0.05) is 0 Å². The molecule has 0 aromatic heterocycles. The molecule has 0 heterocycles.